The van der Waals surface area contributed by atoms with Gasteiger partial charge in [-0.25, -0.2) is 21.1 Å². The van der Waals surface area contributed by atoms with Gasteiger partial charge in [-0.15, -0.1) is 0 Å². The fourth-order valence-electron chi connectivity index (χ4n) is 1.17. The van der Waals surface area contributed by atoms with Crippen LogP contribution < -0.4 is 4.72 Å². The van der Waals surface area contributed by atoms with E-state index in [9.17, 15) is 16.8 Å². The molecule has 1 rings (SSSR count). The Kier molecular flexibility index (Phi) is 4.62. The summed E-state index contributed by atoms with van der Waals surface area (Å²) >= 11 is 5.83. The van der Waals surface area contributed by atoms with Crippen LogP contribution in [0.3, 0.4) is 0 Å². The van der Waals surface area contributed by atoms with Gasteiger partial charge in [0.2, 0.25) is 10.0 Å². The Morgan fingerprint density at radius 2 is 1.84 bits per heavy atom. The molecule has 0 unspecified atom stereocenters. The van der Waals surface area contributed by atoms with Crippen LogP contribution in [-0.2, 0) is 20.0 Å². The van der Waals surface area contributed by atoms with E-state index in [2.05, 4.69) is 11.3 Å². The van der Waals surface area contributed by atoms with Gasteiger partial charge < -0.3 is 0 Å². The van der Waals surface area contributed by atoms with Crippen molar-refractivity contribution < 1.29 is 16.8 Å². The molecule has 0 atom stereocenters. The molecule has 6 nitrogen and oxygen atoms in total. The van der Waals surface area contributed by atoms with Gasteiger partial charge in [0.25, 0.3) is 10.0 Å². The van der Waals surface area contributed by atoms with E-state index in [-0.39, 0.29) is 15.6 Å². The SMILES string of the molecule is C=CS(=O)(=O)Nc1ccc(Cl)c(S(=O)(=O)N(C)C)c1. The average molecular weight is 325 g/mol. The highest BCUT2D eigenvalue weighted by molar-refractivity contribution is 7.95. The molecule has 0 bridgehead atoms. The fourth-order valence-corrected chi connectivity index (χ4v) is 3.10. The van der Waals surface area contributed by atoms with Crippen LogP contribution in [-0.4, -0.2) is 35.2 Å². The highest BCUT2D eigenvalue weighted by Gasteiger charge is 2.21. The van der Waals surface area contributed by atoms with Gasteiger partial charge in [-0.05, 0) is 18.2 Å². The Hall–Kier alpha value is -1.09. The van der Waals surface area contributed by atoms with E-state index in [1.165, 1.54) is 26.2 Å². The van der Waals surface area contributed by atoms with Crippen LogP contribution in [0.4, 0.5) is 5.69 Å². The van der Waals surface area contributed by atoms with E-state index in [1.54, 1.807) is 0 Å². The molecule has 0 aliphatic carbocycles. The number of nitrogens with zero attached hydrogens (tertiary/aromatic N) is 1. The molecule has 1 N–H and O–H groups in total. The van der Waals surface area contributed by atoms with Crippen LogP contribution in [0.25, 0.3) is 0 Å². The smallest absolute Gasteiger partial charge is 0.254 e. The highest BCUT2D eigenvalue weighted by Crippen LogP contribution is 2.27. The fraction of sp³-hybridized carbons (Fsp3) is 0.200. The largest absolute Gasteiger partial charge is 0.280 e. The second-order valence-corrected chi connectivity index (χ2v) is 7.90. The van der Waals surface area contributed by atoms with Gasteiger partial charge >= 0.3 is 0 Å². The number of hydrogen-bond acceptors (Lipinski definition) is 4. The third-order valence-electron chi connectivity index (χ3n) is 2.17. The molecule has 1 aromatic rings. The molecule has 0 radical (unpaired) electrons. The first-order valence-corrected chi connectivity index (χ1v) is 8.34. The van der Waals surface area contributed by atoms with E-state index >= 15 is 0 Å². The lowest BCUT2D eigenvalue weighted by Crippen LogP contribution is -2.22. The summed E-state index contributed by atoms with van der Waals surface area (Å²) in [4.78, 5) is -0.177. The minimum Gasteiger partial charge on any atom is -0.280 e. The van der Waals surface area contributed by atoms with Crippen molar-refractivity contribution >= 4 is 37.3 Å². The van der Waals surface area contributed by atoms with Gasteiger partial charge in [0, 0.05) is 19.5 Å². The molecule has 0 aromatic heterocycles. The summed E-state index contributed by atoms with van der Waals surface area (Å²) in [5.41, 5.74) is 0.0877. The van der Waals surface area contributed by atoms with Gasteiger partial charge in [-0.1, -0.05) is 18.2 Å². The van der Waals surface area contributed by atoms with E-state index in [0.29, 0.717) is 0 Å². The monoisotopic (exact) mass is 324 g/mol. The van der Waals surface area contributed by atoms with Crippen LogP contribution in [0.1, 0.15) is 0 Å². The Bertz CT molecular complexity index is 696. The normalized spacial score (nSPS) is 12.4. The summed E-state index contributed by atoms with van der Waals surface area (Å²) < 4.78 is 49.8. The molecule has 0 spiro atoms. The minimum absolute atomic E-state index is 0.00949. The number of hydrogen-bond donors (Lipinski definition) is 1. The van der Waals surface area contributed by atoms with Crippen LogP contribution in [0.2, 0.25) is 5.02 Å². The predicted octanol–water partition coefficient (Wildman–Crippen LogP) is 1.48. The Labute approximate surface area is 117 Å². The van der Waals surface area contributed by atoms with E-state index in [4.69, 9.17) is 11.6 Å². The van der Waals surface area contributed by atoms with Crippen molar-refractivity contribution in [2.45, 2.75) is 4.90 Å². The van der Waals surface area contributed by atoms with E-state index in [0.717, 1.165) is 15.8 Å². The quantitative estimate of drug-likeness (QED) is 0.889. The van der Waals surface area contributed by atoms with Crippen molar-refractivity contribution in [3.8, 4) is 0 Å². The first-order chi connectivity index (χ1) is 8.60. The van der Waals surface area contributed by atoms with Crippen molar-refractivity contribution in [3.05, 3.63) is 35.2 Å². The highest BCUT2D eigenvalue weighted by atomic mass is 35.5. The number of rotatable bonds is 5. The summed E-state index contributed by atoms with van der Waals surface area (Å²) in [6, 6.07) is 3.82. The van der Waals surface area contributed by atoms with Gasteiger partial charge in [0.15, 0.2) is 0 Å². The van der Waals surface area contributed by atoms with Gasteiger partial charge in [-0.2, -0.15) is 0 Å². The van der Waals surface area contributed by atoms with Crippen molar-refractivity contribution in [3.63, 3.8) is 0 Å². The summed E-state index contributed by atoms with van der Waals surface area (Å²) in [5, 5.41) is 0.733. The third-order valence-corrected chi connectivity index (χ3v) is 5.43. The lowest BCUT2D eigenvalue weighted by molar-refractivity contribution is 0.521. The van der Waals surface area contributed by atoms with Crippen molar-refractivity contribution in [1.29, 1.82) is 0 Å². The Balaban J connectivity index is 3.34. The zero-order valence-corrected chi connectivity index (χ0v) is 12.7. The van der Waals surface area contributed by atoms with Crippen LogP contribution in [0, 0.1) is 0 Å². The van der Waals surface area contributed by atoms with E-state index in [1.807, 2.05) is 0 Å². The maximum absolute atomic E-state index is 12.0. The molecule has 0 amide bonds. The van der Waals surface area contributed by atoms with Crippen LogP contribution in [0.5, 0.6) is 0 Å². The number of nitrogens with one attached hydrogen (secondary N) is 1. The zero-order chi connectivity index (χ0) is 14.8. The van der Waals surface area contributed by atoms with Crippen molar-refractivity contribution in [1.82, 2.24) is 4.31 Å². The molecule has 9 heteroatoms. The number of halogens is 1. The minimum atomic E-state index is -3.75. The second kappa shape index (κ2) is 5.49. The molecule has 106 valence electrons. The Morgan fingerprint density at radius 1 is 1.26 bits per heavy atom. The summed E-state index contributed by atoms with van der Waals surface area (Å²) in [6.07, 6.45) is 0. The summed E-state index contributed by atoms with van der Waals surface area (Å²) in [6.45, 7) is 3.14. The summed E-state index contributed by atoms with van der Waals surface area (Å²) in [5.74, 6) is 0. The molecular weight excluding hydrogens is 312 g/mol. The predicted molar refractivity (Wildman–Crippen MR) is 75.1 cm³/mol. The zero-order valence-electron chi connectivity index (χ0n) is 10.3. The molecule has 0 aliphatic heterocycles. The second-order valence-electron chi connectivity index (χ2n) is 3.75. The number of sulfonamides is 2. The number of benzene rings is 1. The molecule has 0 saturated carbocycles. The summed E-state index contributed by atoms with van der Waals surface area (Å²) in [7, 11) is -4.75. The van der Waals surface area contributed by atoms with Crippen LogP contribution in [0.15, 0.2) is 35.1 Å². The Morgan fingerprint density at radius 3 is 2.32 bits per heavy atom. The van der Waals surface area contributed by atoms with Gasteiger partial charge in [-0.3, -0.25) is 4.72 Å². The van der Waals surface area contributed by atoms with Crippen LogP contribution >= 0.6 is 11.6 Å². The molecule has 0 aliphatic rings. The first-order valence-electron chi connectivity index (χ1n) is 4.97. The van der Waals surface area contributed by atoms with Gasteiger partial charge in [0.05, 0.1) is 10.7 Å². The molecule has 0 saturated heterocycles. The van der Waals surface area contributed by atoms with Crippen molar-refractivity contribution in [2.24, 2.45) is 0 Å². The van der Waals surface area contributed by atoms with E-state index < -0.39 is 20.0 Å². The average Bonchev–Trinajstić information content (AvgIpc) is 2.31. The molecule has 19 heavy (non-hydrogen) atoms. The molecule has 0 fully saturated rings. The molecule has 0 heterocycles. The standard InChI is InChI=1S/C10H13ClN2O4S2/c1-4-18(14,15)12-8-5-6-9(11)10(7-8)19(16,17)13(2)3/h4-7,12H,1H2,2-3H3. The number of anilines is 1. The van der Waals surface area contributed by atoms with Gasteiger partial charge in [0.1, 0.15) is 4.90 Å². The molecule has 1 aromatic carbocycles. The third kappa shape index (κ3) is 3.69. The van der Waals surface area contributed by atoms with Crippen molar-refractivity contribution in [2.75, 3.05) is 18.8 Å². The lowest BCUT2D eigenvalue weighted by atomic mass is 10.3. The maximum Gasteiger partial charge on any atom is 0.254 e. The topological polar surface area (TPSA) is 83.5 Å². The maximum atomic E-state index is 12.0. The lowest BCUT2D eigenvalue weighted by Gasteiger charge is -2.14. The first kappa shape index (κ1) is 16.0. The molecular formula is C10H13ClN2O4S2.